The first kappa shape index (κ1) is 16.8. The zero-order valence-corrected chi connectivity index (χ0v) is 14.5. The number of sulfonamides is 1. The molecular formula is C14H24N4O4S. The van der Waals surface area contributed by atoms with Gasteiger partial charge in [-0.05, 0) is 18.8 Å². The second kappa shape index (κ2) is 6.84. The zero-order chi connectivity index (χ0) is 16.4. The van der Waals surface area contributed by atoms with E-state index in [0.29, 0.717) is 50.3 Å². The van der Waals surface area contributed by atoms with Gasteiger partial charge in [-0.2, -0.15) is 4.98 Å². The van der Waals surface area contributed by atoms with Gasteiger partial charge in [0.25, 0.3) is 0 Å². The topological polar surface area (TPSA) is 88.8 Å². The van der Waals surface area contributed by atoms with Crippen molar-refractivity contribution in [3.8, 4) is 0 Å². The molecule has 0 spiro atoms. The van der Waals surface area contributed by atoms with E-state index in [2.05, 4.69) is 15.0 Å². The Balaban J connectivity index is 1.66. The molecule has 8 nitrogen and oxygen atoms in total. The van der Waals surface area contributed by atoms with Crippen LogP contribution in [-0.2, 0) is 27.7 Å². The van der Waals surface area contributed by atoms with Gasteiger partial charge >= 0.3 is 0 Å². The van der Waals surface area contributed by atoms with Crippen molar-refractivity contribution in [3.63, 3.8) is 0 Å². The van der Waals surface area contributed by atoms with E-state index in [1.54, 1.807) is 11.4 Å². The van der Waals surface area contributed by atoms with E-state index in [-0.39, 0.29) is 6.04 Å². The smallest absolute Gasteiger partial charge is 0.240 e. The van der Waals surface area contributed by atoms with E-state index in [9.17, 15) is 8.42 Å². The first-order valence-electron chi connectivity index (χ1n) is 7.95. The van der Waals surface area contributed by atoms with Gasteiger partial charge in [-0.3, -0.25) is 4.90 Å². The lowest BCUT2D eigenvalue weighted by atomic mass is 9.95. The Morgan fingerprint density at radius 2 is 2.13 bits per heavy atom. The highest BCUT2D eigenvalue weighted by Gasteiger charge is 2.38. The molecule has 0 aromatic carbocycles. The minimum atomic E-state index is -3.14. The Bertz CT molecular complexity index is 632. The van der Waals surface area contributed by atoms with Gasteiger partial charge in [0.2, 0.25) is 15.9 Å². The van der Waals surface area contributed by atoms with E-state index in [4.69, 9.17) is 9.26 Å². The standard InChI is InChI=1S/C14H24N4O4S/c1-21-6-5-13-15-14(22-16-13)10-17-7-11-3-4-12(17)9-18(8-11)23(2,19)20/h11-12H,3-10H2,1-2H3/t11-,12-/m1/s1. The van der Waals surface area contributed by atoms with Crippen LogP contribution in [0.25, 0.3) is 0 Å². The van der Waals surface area contributed by atoms with Crippen LogP contribution in [0.5, 0.6) is 0 Å². The SMILES string of the molecule is COCCc1noc(CN2C[C@H]3CC[C@@H]2CN(S(C)(=O)=O)C3)n1. The summed E-state index contributed by atoms with van der Waals surface area (Å²) in [7, 11) is -1.49. The Kier molecular flexibility index (Phi) is 5.00. The predicted molar refractivity (Wildman–Crippen MR) is 83.2 cm³/mol. The van der Waals surface area contributed by atoms with Crippen molar-refractivity contribution in [3.05, 3.63) is 11.7 Å². The highest BCUT2D eigenvalue weighted by Crippen LogP contribution is 2.29. The van der Waals surface area contributed by atoms with Gasteiger partial charge in [-0.1, -0.05) is 5.16 Å². The lowest BCUT2D eigenvalue weighted by molar-refractivity contribution is 0.111. The summed E-state index contributed by atoms with van der Waals surface area (Å²) in [6.45, 7) is 3.21. The van der Waals surface area contributed by atoms with Crippen molar-refractivity contribution >= 4 is 10.0 Å². The van der Waals surface area contributed by atoms with E-state index in [1.807, 2.05) is 0 Å². The van der Waals surface area contributed by atoms with Gasteiger partial charge in [-0.15, -0.1) is 0 Å². The van der Waals surface area contributed by atoms with Crippen molar-refractivity contribution in [2.45, 2.75) is 31.8 Å². The minimum absolute atomic E-state index is 0.220. The van der Waals surface area contributed by atoms with Crippen LogP contribution in [0.1, 0.15) is 24.6 Å². The third-order valence-corrected chi connectivity index (χ3v) is 5.88. The number of piperidine rings is 1. The number of hydrogen-bond donors (Lipinski definition) is 0. The molecule has 2 atom stereocenters. The summed E-state index contributed by atoms with van der Waals surface area (Å²) in [5.41, 5.74) is 0. The predicted octanol–water partition coefficient (Wildman–Crippen LogP) is 0.114. The van der Waals surface area contributed by atoms with Gasteiger partial charge in [0.05, 0.1) is 19.4 Å². The molecule has 3 aliphatic heterocycles. The quantitative estimate of drug-likeness (QED) is 0.724. The molecule has 0 saturated carbocycles. The number of nitrogens with zero attached hydrogens (tertiary/aromatic N) is 4. The largest absolute Gasteiger partial charge is 0.384 e. The van der Waals surface area contributed by atoms with Gasteiger partial charge in [0, 0.05) is 39.2 Å². The highest BCUT2D eigenvalue weighted by molar-refractivity contribution is 7.88. The monoisotopic (exact) mass is 344 g/mol. The van der Waals surface area contributed by atoms with Crippen molar-refractivity contribution < 1.29 is 17.7 Å². The average Bonchev–Trinajstić information content (AvgIpc) is 2.72. The fourth-order valence-corrected chi connectivity index (χ4v) is 4.35. The van der Waals surface area contributed by atoms with Crippen LogP contribution in [0.4, 0.5) is 0 Å². The lowest BCUT2D eigenvalue weighted by Crippen LogP contribution is -2.43. The normalized spacial score (nSPS) is 26.5. The van der Waals surface area contributed by atoms with Crippen LogP contribution >= 0.6 is 0 Å². The molecule has 130 valence electrons. The van der Waals surface area contributed by atoms with Gasteiger partial charge < -0.3 is 9.26 Å². The minimum Gasteiger partial charge on any atom is -0.384 e. The Morgan fingerprint density at radius 1 is 1.30 bits per heavy atom. The van der Waals surface area contributed by atoms with Crippen LogP contribution in [-0.4, -0.2) is 73.4 Å². The molecule has 3 fully saturated rings. The third kappa shape index (κ3) is 4.09. The fraction of sp³-hybridized carbons (Fsp3) is 0.857. The van der Waals surface area contributed by atoms with Crippen molar-refractivity contribution in [2.24, 2.45) is 5.92 Å². The molecule has 9 heteroatoms. The third-order valence-electron chi connectivity index (χ3n) is 4.64. The molecule has 1 aromatic heterocycles. The van der Waals surface area contributed by atoms with Crippen molar-refractivity contribution in [1.82, 2.24) is 19.3 Å². The number of hydrogen-bond acceptors (Lipinski definition) is 7. The summed E-state index contributed by atoms with van der Waals surface area (Å²) in [5.74, 6) is 1.62. The summed E-state index contributed by atoms with van der Waals surface area (Å²) in [6, 6.07) is 0.220. The molecule has 1 aromatic rings. The first-order chi connectivity index (χ1) is 11.0. The molecule has 4 rings (SSSR count). The molecule has 23 heavy (non-hydrogen) atoms. The van der Waals surface area contributed by atoms with Crippen LogP contribution in [0, 0.1) is 5.92 Å². The molecule has 4 heterocycles. The lowest BCUT2D eigenvalue weighted by Gasteiger charge is -2.34. The maximum absolute atomic E-state index is 11.9. The molecule has 0 N–H and O–H groups in total. The van der Waals surface area contributed by atoms with Crippen molar-refractivity contribution in [2.75, 3.05) is 39.6 Å². The number of rotatable bonds is 6. The molecule has 3 aliphatic rings. The molecular weight excluding hydrogens is 320 g/mol. The highest BCUT2D eigenvalue weighted by atomic mass is 32.2. The van der Waals surface area contributed by atoms with E-state index in [1.165, 1.54) is 6.26 Å². The summed E-state index contributed by atoms with van der Waals surface area (Å²) in [4.78, 5) is 6.68. The molecule has 3 saturated heterocycles. The first-order valence-corrected chi connectivity index (χ1v) is 9.80. The van der Waals surface area contributed by atoms with Crippen LogP contribution in [0.3, 0.4) is 0 Å². The second-order valence-corrected chi connectivity index (χ2v) is 8.44. The van der Waals surface area contributed by atoms with E-state index >= 15 is 0 Å². The summed E-state index contributed by atoms with van der Waals surface area (Å²) >= 11 is 0. The maximum atomic E-state index is 11.9. The molecule has 0 amide bonds. The molecule has 0 aliphatic carbocycles. The van der Waals surface area contributed by atoms with Crippen LogP contribution in [0.2, 0.25) is 0 Å². The Morgan fingerprint density at radius 3 is 2.87 bits per heavy atom. The summed E-state index contributed by atoms with van der Waals surface area (Å²) in [5, 5.41) is 3.96. The molecule has 0 radical (unpaired) electrons. The summed E-state index contributed by atoms with van der Waals surface area (Å²) in [6.07, 6.45) is 4.02. The van der Waals surface area contributed by atoms with Crippen LogP contribution < -0.4 is 0 Å². The number of methoxy groups -OCH3 is 1. The Labute approximate surface area is 136 Å². The van der Waals surface area contributed by atoms with E-state index < -0.39 is 10.0 Å². The molecule has 0 unspecified atom stereocenters. The van der Waals surface area contributed by atoms with Gasteiger partial charge in [0.1, 0.15) is 0 Å². The molecule has 2 bridgehead atoms. The number of ether oxygens (including phenoxy) is 1. The van der Waals surface area contributed by atoms with Gasteiger partial charge in [-0.25, -0.2) is 12.7 Å². The number of fused-ring (bicyclic) bond motifs is 4. The number of aromatic nitrogens is 2. The maximum Gasteiger partial charge on any atom is 0.240 e. The van der Waals surface area contributed by atoms with Gasteiger partial charge in [0.15, 0.2) is 5.82 Å². The Hall–Kier alpha value is -1.03. The average molecular weight is 344 g/mol. The zero-order valence-electron chi connectivity index (χ0n) is 13.6. The second-order valence-electron chi connectivity index (χ2n) is 6.45. The fourth-order valence-electron chi connectivity index (χ4n) is 3.42. The van der Waals surface area contributed by atoms with E-state index in [0.717, 1.165) is 19.4 Å². The van der Waals surface area contributed by atoms with Crippen molar-refractivity contribution in [1.29, 1.82) is 0 Å². The van der Waals surface area contributed by atoms with Crippen LogP contribution in [0.15, 0.2) is 4.52 Å². The summed E-state index contributed by atoms with van der Waals surface area (Å²) < 4.78 is 35.7.